The van der Waals surface area contributed by atoms with Gasteiger partial charge in [0.15, 0.2) is 0 Å². The van der Waals surface area contributed by atoms with E-state index in [1.54, 1.807) is 0 Å². The number of nitrogens with one attached hydrogen (secondary N) is 1. The Morgan fingerprint density at radius 3 is 2.58 bits per heavy atom. The lowest BCUT2D eigenvalue weighted by Crippen LogP contribution is -2.49. The van der Waals surface area contributed by atoms with Gasteiger partial charge >= 0.3 is 0 Å². The van der Waals surface area contributed by atoms with E-state index in [-0.39, 0.29) is 11.9 Å². The number of ether oxygens (including phenoxy) is 1. The molecule has 3 N–H and O–H groups in total. The summed E-state index contributed by atoms with van der Waals surface area (Å²) in [6.07, 6.45) is 1.41. The molecule has 1 aliphatic heterocycles. The number of hydrogen-bond donors (Lipinski definition) is 2. The number of hydrogen-bond acceptors (Lipinski definition) is 3. The largest absolute Gasteiger partial charge is 0.381 e. The Morgan fingerprint density at radius 2 is 2.00 bits per heavy atom. The monoisotopic (exact) mass is 262 g/mol. The van der Waals surface area contributed by atoms with Gasteiger partial charge in [-0.15, -0.1) is 0 Å². The van der Waals surface area contributed by atoms with Crippen LogP contribution in [0.3, 0.4) is 0 Å². The highest BCUT2D eigenvalue weighted by atomic mass is 16.5. The zero-order valence-corrected chi connectivity index (χ0v) is 11.4. The lowest BCUT2D eigenvalue weighted by atomic mass is 9.79. The molecule has 0 spiro atoms. The third-order valence-electron chi connectivity index (χ3n) is 3.97. The molecular formula is C15H22N2O2. The third-order valence-corrected chi connectivity index (χ3v) is 3.97. The Balaban J connectivity index is 2.03. The van der Waals surface area contributed by atoms with E-state index >= 15 is 0 Å². The summed E-state index contributed by atoms with van der Waals surface area (Å²) >= 11 is 0. The van der Waals surface area contributed by atoms with Gasteiger partial charge in [-0.2, -0.15) is 0 Å². The Bertz CT molecular complexity index is 413. The van der Waals surface area contributed by atoms with E-state index < -0.39 is 5.41 Å². The number of nitrogens with two attached hydrogens (primary N) is 1. The molecule has 0 aromatic heterocycles. The van der Waals surface area contributed by atoms with Gasteiger partial charge in [0.25, 0.3) is 0 Å². The lowest BCUT2D eigenvalue weighted by molar-refractivity contribution is -0.136. The van der Waals surface area contributed by atoms with Crippen LogP contribution < -0.4 is 11.1 Å². The predicted molar refractivity (Wildman–Crippen MR) is 74.5 cm³/mol. The van der Waals surface area contributed by atoms with Crippen molar-refractivity contribution in [1.82, 2.24) is 5.32 Å². The Morgan fingerprint density at radius 1 is 1.37 bits per heavy atom. The summed E-state index contributed by atoms with van der Waals surface area (Å²) in [5.74, 6) is 0.0506. The molecule has 0 bridgehead atoms. The molecule has 0 saturated carbocycles. The molecule has 0 aliphatic carbocycles. The van der Waals surface area contributed by atoms with Crippen LogP contribution in [0.4, 0.5) is 0 Å². The van der Waals surface area contributed by atoms with Crippen LogP contribution in [0, 0.1) is 5.41 Å². The maximum Gasteiger partial charge on any atom is 0.228 e. The molecule has 1 aromatic carbocycles. The zero-order valence-electron chi connectivity index (χ0n) is 11.4. The van der Waals surface area contributed by atoms with Crippen LogP contribution >= 0.6 is 0 Å². The van der Waals surface area contributed by atoms with Crippen molar-refractivity contribution in [3.05, 3.63) is 35.9 Å². The van der Waals surface area contributed by atoms with Crippen LogP contribution in [-0.2, 0) is 9.53 Å². The molecule has 1 heterocycles. The van der Waals surface area contributed by atoms with Crippen molar-refractivity contribution < 1.29 is 9.53 Å². The Kier molecular flexibility index (Phi) is 4.56. The second-order valence-corrected chi connectivity index (χ2v) is 5.20. The maximum atomic E-state index is 12.5. The highest BCUT2D eigenvalue weighted by Gasteiger charge is 2.39. The smallest absolute Gasteiger partial charge is 0.228 e. The summed E-state index contributed by atoms with van der Waals surface area (Å²) in [6, 6.07) is 9.96. The Labute approximate surface area is 114 Å². The number of benzene rings is 1. The van der Waals surface area contributed by atoms with Gasteiger partial charge in [-0.3, -0.25) is 4.79 Å². The van der Waals surface area contributed by atoms with Crippen molar-refractivity contribution in [2.75, 3.05) is 19.8 Å². The number of carbonyl (C=O) groups is 1. The number of amides is 1. The van der Waals surface area contributed by atoms with Gasteiger partial charge in [-0.1, -0.05) is 30.3 Å². The van der Waals surface area contributed by atoms with E-state index in [2.05, 4.69) is 5.32 Å². The SMILES string of the molecule is C[C@H](NC(=O)C1(CN)CCOCC1)c1ccccc1. The first-order valence-electron chi connectivity index (χ1n) is 6.82. The predicted octanol–water partition coefficient (Wildman–Crippen LogP) is 1.62. The molecule has 1 saturated heterocycles. The van der Waals surface area contributed by atoms with Crippen molar-refractivity contribution in [3.63, 3.8) is 0 Å². The summed E-state index contributed by atoms with van der Waals surface area (Å²) in [6.45, 7) is 3.61. The van der Waals surface area contributed by atoms with Crippen molar-refractivity contribution in [3.8, 4) is 0 Å². The van der Waals surface area contributed by atoms with E-state index in [0.29, 0.717) is 32.6 Å². The molecule has 4 heteroatoms. The molecule has 19 heavy (non-hydrogen) atoms. The molecule has 0 unspecified atom stereocenters. The van der Waals surface area contributed by atoms with Crippen LogP contribution in [0.2, 0.25) is 0 Å². The minimum Gasteiger partial charge on any atom is -0.381 e. The lowest BCUT2D eigenvalue weighted by Gasteiger charge is -2.35. The zero-order chi connectivity index (χ0) is 13.7. The fraction of sp³-hybridized carbons (Fsp3) is 0.533. The first-order chi connectivity index (χ1) is 9.18. The maximum absolute atomic E-state index is 12.5. The van der Waals surface area contributed by atoms with E-state index in [1.165, 1.54) is 0 Å². The summed E-state index contributed by atoms with van der Waals surface area (Å²) in [7, 11) is 0. The molecule has 1 amide bonds. The molecular weight excluding hydrogens is 240 g/mol. The highest BCUT2D eigenvalue weighted by Crippen LogP contribution is 2.30. The van der Waals surface area contributed by atoms with Gasteiger partial charge in [-0.05, 0) is 25.3 Å². The van der Waals surface area contributed by atoms with Crippen LogP contribution in [0.25, 0.3) is 0 Å². The fourth-order valence-electron chi connectivity index (χ4n) is 2.46. The first kappa shape index (κ1) is 14.0. The molecule has 1 aliphatic rings. The summed E-state index contributed by atoms with van der Waals surface area (Å²) in [5.41, 5.74) is 6.49. The molecule has 1 atom stereocenters. The van der Waals surface area contributed by atoms with Gasteiger partial charge < -0.3 is 15.8 Å². The van der Waals surface area contributed by atoms with E-state index in [0.717, 1.165) is 5.56 Å². The van der Waals surface area contributed by atoms with Crippen LogP contribution in [0.5, 0.6) is 0 Å². The molecule has 0 radical (unpaired) electrons. The number of carbonyl (C=O) groups excluding carboxylic acids is 1. The van der Waals surface area contributed by atoms with Crippen molar-refractivity contribution in [2.24, 2.45) is 11.1 Å². The van der Waals surface area contributed by atoms with E-state index in [9.17, 15) is 4.79 Å². The van der Waals surface area contributed by atoms with Crippen molar-refractivity contribution >= 4 is 5.91 Å². The van der Waals surface area contributed by atoms with Gasteiger partial charge in [0.2, 0.25) is 5.91 Å². The highest BCUT2D eigenvalue weighted by molar-refractivity contribution is 5.83. The first-order valence-corrected chi connectivity index (χ1v) is 6.82. The van der Waals surface area contributed by atoms with Crippen LogP contribution in [0.15, 0.2) is 30.3 Å². The quantitative estimate of drug-likeness (QED) is 0.866. The fourth-order valence-corrected chi connectivity index (χ4v) is 2.46. The van der Waals surface area contributed by atoms with Gasteiger partial charge in [0, 0.05) is 19.8 Å². The average Bonchev–Trinajstić information content (AvgIpc) is 2.48. The van der Waals surface area contributed by atoms with Crippen molar-refractivity contribution in [2.45, 2.75) is 25.8 Å². The average molecular weight is 262 g/mol. The minimum atomic E-state index is -0.457. The van der Waals surface area contributed by atoms with Crippen molar-refractivity contribution in [1.29, 1.82) is 0 Å². The van der Waals surface area contributed by atoms with Gasteiger partial charge in [0.1, 0.15) is 0 Å². The van der Waals surface area contributed by atoms with E-state index in [1.807, 2.05) is 37.3 Å². The van der Waals surface area contributed by atoms with Gasteiger partial charge in [-0.25, -0.2) is 0 Å². The standard InChI is InChI=1S/C15H22N2O2/c1-12(13-5-3-2-4-6-13)17-14(18)15(11-16)7-9-19-10-8-15/h2-6,12H,7-11,16H2,1H3,(H,17,18)/t12-/m0/s1. The normalized spacial score (nSPS) is 19.7. The third kappa shape index (κ3) is 3.14. The summed E-state index contributed by atoms with van der Waals surface area (Å²) < 4.78 is 5.33. The molecule has 4 nitrogen and oxygen atoms in total. The van der Waals surface area contributed by atoms with Crippen LogP contribution in [-0.4, -0.2) is 25.7 Å². The molecule has 2 rings (SSSR count). The second-order valence-electron chi connectivity index (χ2n) is 5.20. The van der Waals surface area contributed by atoms with Gasteiger partial charge in [0.05, 0.1) is 11.5 Å². The Hall–Kier alpha value is -1.39. The molecule has 1 fully saturated rings. The summed E-state index contributed by atoms with van der Waals surface area (Å²) in [4.78, 5) is 12.5. The molecule has 1 aromatic rings. The topological polar surface area (TPSA) is 64.4 Å². The molecule has 104 valence electrons. The second kappa shape index (κ2) is 6.17. The minimum absolute atomic E-state index is 0.0000279. The number of rotatable bonds is 4. The van der Waals surface area contributed by atoms with Crippen LogP contribution in [0.1, 0.15) is 31.4 Å². The van der Waals surface area contributed by atoms with E-state index in [4.69, 9.17) is 10.5 Å². The summed E-state index contributed by atoms with van der Waals surface area (Å²) in [5, 5.41) is 3.08.